The molecule has 0 aromatic carbocycles. The Bertz CT molecular complexity index is 1210. The van der Waals surface area contributed by atoms with Crippen LogP contribution in [0.1, 0.15) is 121 Å². The highest BCUT2D eigenvalue weighted by molar-refractivity contribution is 6.74. The van der Waals surface area contributed by atoms with Crippen LogP contribution in [-0.2, 0) is 13.3 Å². The van der Waals surface area contributed by atoms with Gasteiger partial charge in [0.1, 0.15) is 0 Å². The predicted molar refractivity (Wildman–Crippen MR) is 223 cm³/mol. The van der Waals surface area contributed by atoms with Crippen LogP contribution in [0.2, 0.25) is 55.9 Å². The lowest BCUT2D eigenvalue weighted by atomic mass is 9.61. The highest BCUT2D eigenvalue weighted by atomic mass is 28.4. The third-order valence-electron chi connectivity index (χ3n) is 13.8. The minimum atomic E-state index is -1.98. The Kier molecular flexibility index (Phi) is 13.2. The fraction of sp³-hybridized carbons (Fsp3) is 0.814. The van der Waals surface area contributed by atoms with Gasteiger partial charge in [-0.2, -0.15) is 0 Å². The van der Waals surface area contributed by atoms with E-state index in [9.17, 15) is 0 Å². The van der Waals surface area contributed by atoms with Crippen LogP contribution in [0, 0.1) is 29.1 Å². The first-order valence-corrected chi connectivity index (χ1v) is 29.0. The van der Waals surface area contributed by atoms with E-state index in [1.807, 2.05) is 0 Å². The van der Waals surface area contributed by atoms with Gasteiger partial charge >= 0.3 is 0 Å². The normalized spacial score (nSPS) is 30.2. The Labute approximate surface area is 308 Å². The van der Waals surface area contributed by atoms with E-state index in [0.717, 1.165) is 24.3 Å². The maximum absolute atomic E-state index is 7.12. The first-order valence-electron chi connectivity index (χ1n) is 19.8. The van der Waals surface area contributed by atoms with E-state index >= 15 is 0 Å². The Hall–Kier alpha value is -0.509. The zero-order valence-electron chi connectivity index (χ0n) is 35.7. The van der Waals surface area contributed by atoms with Gasteiger partial charge in [0.15, 0.2) is 25.0 Å². The molecule has 3 saturated carbocycles. The summed E-state index contributed by atoms with van der Waals surface area (Å²) < 4.78 is 20.8. The molecule has 3 fully saturated rings. The van der Waals surface area contributed by atoms with E-state index in [2.05, 4.69) is 153 Å². The smallest absolute Gasteiger partial charge is 0.192 e. The molecule has 0 aliphatic heterocycles. The molecule has 49 heavy (non-hydrogen) atoms. The largest absolute Gasteiger partial charge is 0.412 e. The standard InChI is InChI=1S/C43H80O3Si3/c1-31(22-23-32(2)42(10,11)46-47(13,14)15)36-26-27-37-35(21-20-28-43(36,37)12)25-24-34-29-38(44-48(16,17)40(4,5)6)33(3)39(30-34)45-49(18,19)41(7,8)9/h22-25,31-32,36-39H,3,20-21,26-30H2,1-2,4-19H3/b23-22+,35-25+/t31-,32-,36+,37-,38+,39+,43+/m0/s1. The molecular formula is C43H80O3Si3. The second kappa shape index (κ2) is 15.1. The molecule has 0 aromatic heterocycles. The van der Waals surface area contributed by atoms with Crippen molar-refractivity contribution in [3.05, 3.63) is 47.6 Å². The molecule has 0 N–H and O–H groups in total. The summed E-state index contributed by atoms with van der Waals surface area (Å²) in [5.74, 6) is 2.37. The minimum absolute atomic E-state index is 0.0256. The SMILES string of the molecule is C=C1[C@H](O[Si](C)(C)C(C)(C)C)CC(=C/C=C2\CCC[C@]3(C)[C@@H]([C@@H](C)/C=C/[C@H](C)C(C)(C)O[Si](C)(C)C)CC[C@@H]23)C[C@H]1O[Si](C)(C)C(C)(C)C. The van der Waals surface area contributed by atoms with Crippen molar-refractivity contribution in [1.82, 2.24) is 0 Å². The summed E-state index contributed by atoms with van der Waals surface area (Å²) in [6.07, 6.45) is 18.5. The maximum Gasteiger partial charge on any atom is 0.192 e. The molecule has 3 nitrogen and oxygen atoms in total. The van der Waals surface area contributed by atoms with Gasteiger partial charge in [0.05, 0.1) is 17.8 Å². The third kappa shape index (κ3) is 10.3. The van der Waals surface area contributed by atoms with E-state index < -0.39 is 25.0 Å². The van der Waals surface area contributed by atoms with Gasteiger partial charge in [0.2, 0.25) is 0 Å². The van der Waals surface area contributed by atoms with Crippen LogP contribution < -0.4 is 0 Å². The summed E-state index contributed by atoms with van der Waals surface area (Å²) in [5.41, 5.74) is 4.55. The predicted octanol–water partition coefficient (Wildman–Crippen LogP) is 13.6. The van der Waals surface area contributed by atoms with Crippen molar-refractivity contribution in [2.75, 3.05) is 0 Å². The van der Waals surface area contributed by atoms with Crippen LogP contribution in [0.25, 0.3) is 0 Å². The Morgan fingerprint density at radius 1 is 0.776 bits per heavy atom. The second-order valence-electron chi connectivity index (χ2n) is 21.2. The van der Waals surface area contributed by atoms with Gasteiger partial charge in [0, 0.05) is 5.92 Å². The molecule has 0 amide bonds. The van der Waals surface area contributed by atoms with E-state index in [4.69, 9.17) is 13.3 Å². The van der Waals surface area contributed by atoms with Crippen LogP contribution >= 0.6 is 0 Å². The Morgan fingerprint density at radius 2 is 1.29 bits per heavy atom. The van der Waals surface area contributed by atoms with Crippen molar-refractivity contribution < 1.29 is 13.3 Å². The summed E-state index contributed by atoms with van der Waals surface area (Å²) in [6, 6.07) is 0. The summed E-state index contributed by atoms with van der Waals surface area (Å²) in [6.45, 7) is 47.1. The van der Waals surface area contributed by atoms with Crippen LogP contribution in [0.5, 0.6) is 0 Å². The highest BCUT2D eigenvalue weighted by Gasteiger charge is 2.50. The Morgan fingerprint density at radius 3 is 1.76 bits per heavy atom. The molecule has 7 atom stereocenters. The fourth-order valence-corrected chi connectivity index (χ4v) is 12.8. The number of allylic oxidation sites excluding steroid dienone is 4. The van der Waals surface area contributed by atoms with Gasteiger partial charge in [-0.1, -0.05) is 104 Å². The highest BCUT2D eigenvalue weighted by Crippen LogP contribution is 2.59. The molecule has 0 saturated heterocycles. The molecule has 6 heteroatoms. The zero-order chi connectivity index (χ0) is 37.6. The Balaban J connectivity index is 1.86. The summed E-state index contributed by atoms with van der Waals surface area (Å²) in [7, 11) is -5.58. The van der Waals surface area contributed by atoms with E-state index in [1.165, 1.54) is 37.7 Å². The summed E-state index contributed by atoms with van der Waals surface area (Å²) >= 11 is 0. The van der Waals surface area contributed by atoms with E-state index in [0.29, 0.717) is 23.2 Å². The lowest BCUT2D eigenvalue weighted by Gasteiger charge is -2.46. The number of hydrogen-bond acceptors (Lipinski definition) is 3. The summed E-state index contributed by atoms with van der Waals surface area (Å²) in [5, 5.41) is 0.306. The summed E-state index contributed by atoms with van der Waals surface area (Å²) in [4.78, 5) is 0. The molecule has 0 radical (unpaired) electrons. The van der Waals surface area contributed by atoms with Gasteiger partial charge < -0.3 is 13.3 Å². The molecule has 0 heterocycles. The second-order valence-corrected chi connectivity index (χ2v) is 35.2. The van der Waals surface area contributed by atoms with Gasteiger partial charge in [-0.15, -0.1) is 0 Å². The molecule has 0 aromatic rings. The quantitative estimate of drug-likeness (QED) is 0.157. The molecule has 0 bridgehead atoms. The van der Waals surface area contributed by atoms with Crippen LogP contribution in [0.4, 0.5) is 0 Å². The van der Waals surface area contributed by atoms with Gasteiger partial charge in [-0.05, 0) is 143 Å². The fourth-order valence-electron chi connectivity index (χ4n) is 8.42. The molecule has 3 rings (SSSR count). The number of fused-ring (bicyclic) bond motifs is 1. The maximum atomic E-state index is 7.12. The molecule has 282 valence electrons. The first-order chi connectivity index (χ1) is 22.0. The van der Waals surface area contributed by atoms with E-state index in [1.54, 1.807) is 5.57 Å². The van der Waals surface area contributed by atoms with Crippen molar-refractivity contribution >= 4 is 25.0 Å². The van der Waals surface area contributed by atoms with Crippen LogP contribution in [-0.4, -0.2) is 42.8 Å². The number of rotatable bonds is 11. The molecule has 3 aliphatic rings. The minimum Gasteiger partial charge on any atom is -0.412 e. The average molecular weight is 729 g/mol. The van der Waals surface area contributed by atoms with Gasteiger partial charge in [-0.3, -0.25) is 0 Å². The molecular weight excluding hydrogens is 649 g/mol. The average Bonchev–Trinajstić information content (AvgIpc) is 3.27. The van der Waals surface area contributed by atoms with Crippen molar-refractivity contribution in [3.8, 4) is 0 Å². The van der Waals surface area contributed by atoms with Crippen LogP contribution in [0.15, 0.2) is 47.6 Å². The monoisotopic (exact) mass is 729 g/mol. The lowest BCUT2D eigenvalue weighted by Crippen LogP contribution is -2.49. The van der Waals surface area contributed by atoms with Crippen LogP contribution in [0.3, 0.4) is 0 Å². The lowest BCUT2D eigenvalue weighted by molar-refractivity contribution is 0.0632. The molecule has 0 spiro atoms. The zero-order valence-corrected chi connectivity index (χ0v) is 38.7. The number of hydrogen-bond donors (Lipinski definition) is 0. The van der Waals surface area contributed by atoms with Crippen molar-refractivity contribution in [3.63, 3.8) is 0 Å². The van der Waals surface area contributed by atoms with Crippen molar-refractivity contribution in [2.45, 2.75) is 195 Å². The van der Waals surface area contributed by atoms with Crippen molar-refractivity contribution in [1.29, 1.82) is 0 Å². The topological polar surface area (TPSA) is 27.7 Å². The molecule has 3 aliphatic carbocycles. The van der Waals surface area contributed by atoms with Gasteiger partial charge in [0.25, 0.3) is 0 Å². The van der Waals surface area contributed by atoms with Gasteiger partial charge in [-0.25, -0.2) is 0 Å². The first kappa shape index (κ1) is 42.9. The van der Waals surface area contributed by atoms with Crippen molar-refractivity contribution in [2.24, 2.45) is 29.1 Å². The molecule has 0 unspecified atom stereocenters. The van der Waals surface area contributed by atoms with E-state index in [-0.39, 0.29) is 27.9 Å². The third-order valence-corrected chi connectivity index (χ3v) is 23.9.